The van der Waals surface area contributed by atoms with Crippen LogP contribution in [0, 0.1) is 19.8 Å². The Morgan fingerprint density at radius 2 is 1.79 bits per heavy atom. The summed E-state index contributed by atoms with van der Waals surface area (Å²) in [5, 5.41) is 2.67. The molecule has 0 saturated carbocycles. The van der Waals surface area contributed by atoms with Gasteiger partial charge in [0.15, 0.2) is 5.78 Å². The zero-order chi connectivity index (χ0) is 18.3. The Hall–Kier alpha value is -1.91. The summed E-state index contributed by atoms with van der Waals surface area (Å²) in [4.78, 5) is 28.5. The fraction of sp³-hybridized carbons (Fsp3) is 0.632. The van der Waals surface area contributed by atoms with Crippen LogP contribution in [0.2, 0.25) is 0 Å². The number of carbonyl (C=O) groups excluding carboxylic acids is 2. The number of amides is 1. The molecule has 0 unspecified atom stereocenters. The first-order valence-corrected chi connectivity index (χ1v) is 8.52. The summed E-state index contributed by atoms with van der Waals surface area (Å²) in [5.41, 5.74) is 1.73. The Morgan fingerprint density at radius 1 is 1.21 bits per heavy atom. The molecule has 5 nitrogen and oxygen atoms in total. The van der Waals surface area contributed by atoms with Crippen molar-refractivity contribution < 1.29 is 14.3 Å². The monoisotopic (exact) mass is 334 g/mol. The van der Waals surface area contributed by atoms with Gasteiger partial charge in [-0.3, -0.25) is 9.78 Å². The highest BCUT2D eigenvalue weighted by Crippen LogP contribution is 2.14. The van der Waals surface area contributed by atoms with Crippen molar-refractivity contribution in [3.8, 4) is 0 Å². The van der Waals surface area contributed by atoms with Crippen molar-refractivity contribution in [2.24, 2.45) is 5.92 Å². The molecule has 0 aliphatic rings. The van der Waals surface area contributed by atoms with E-state index in [0.717, 1.165) is 29.8 Å². The number of nitrogens with one attached hydrogen (secondary N) is 1. The van der Waals surface area contributed by atoms with Gasteiger partial charge in [-0.25, -0.2) is 4.79 Å². The smallest absolute Gasteiger partial charge is 0.408 e. The summed E-state index contributed by atoms with van der Waals surface area (Å²) in [7, 11) is 0. The van der Waals surface area contributed by atoms with E-state index in [4.69, 9.17) is 4.74 Å². The predicted octanol–water partition coefficient (Wildman–Crippen LogP) is 4.10. The number of alkyl carbamates (subject to hydrolysis) is 1. The van der Waals surface area contributed by atoms with E-state index in [1.54, 1.807) is 13.8 Å². The molecule has 1 rings (SSSR count). The first kappa shape index (κ1) is 20.1. The second-order valence-electron chi connectivity index (χ2n) is 7.29. The van der Waals surface area contributed by atoms with E-state index in [-0.39, 0.29) is 12.4 Å². The molecule has 1 aromatic heterocycles. The lowest BCUT2D eigenvalue weighted by Gasteiger charge is -2.24. The van der Waals surface area contributed by atoms with E-state index in [2.05, 4.69) is 24.1 Å². The van der Waals surface area contributed by atoms with E-state index >= 15 is 0 Å². The summed E-state index contributed by atoms with van der Waals surface area (Å²) in [6.45, 7) is 11.7. The summed E-state index contributed by atoms with van der Waals surface area (Å²) >= 11 is 0. The van der Waals surface area contributed by atoms with E-state index in [9.17, 15) is 9.59 Å². The number of nitrogens with zero attached hydrogens (tertiary/aromatic N) is 1. The van der Waals surface area contributed by atoms with Crippen molar-refractivity contribution in [1.29, 1.82) is 0 Å². The Kier molecular flexibility index (Phi) is 7.39. The molecule has 0 fully saturated rings. The van der Waals surface area contributed by atoms with Crippen LogP contribution in [0.25, 0.3) is 0 Å². The lowest BCUT2D eigenvalue weighted by Crippen LogP contribution is -2.49. The Labute approximate surface area is 145 Å². The van der Waals surface area contributed by atoms with Crippen LogP contribution in [0.5, 0.6) is 0 Å². The first-order valence-electron chi connectivity index (χ1n) is 8.52. The molecular formula is C19H30N2O3. The molecule has 0 aliphatic carbocycles. The molecule has 1 N–H and O–H groups in total. The van der Waals surface area contributed by atoms with Gasteiger partial charge in [-0.2, -0.15) is 0 Å². The third kappa shape index (κ3) is 7.11. The lowest BCUT2D eigenvalue weighted by atomic mass is 9.93. The van der Waals surface area contributed by atoms with Gasteiger partial charge in [0.25, 0.3) is 0 Å². The average molecular weight is 334 g/mol. The maximum Gasteiger partial charge on any atom is 0.408 e. The van der Waals surface area contributed by atoms with Crippen LogP contribution in [0.4, 0.5) is 4.79 Å². The van der Waals surface area contributed by atoms with Gasteiger partial charge in [-0.05, 0) is 57.7 Å². The van der Waals surface area contributed by atoms with E-state index in [0.29, 0.717) is 12.3 Å². The minimum atomic E-state index is -0.919. The largest absolute Gasteiger partial charge is 0.445 e. The Morgan fingerprint density at radius 3 is 2.33 bits per heavy atom. The minimum absolute atomic E-state index is 0.0238. The first-order chi connectivity index (χ1) is 11.1. The third-order valence-electron chi connectivity index (χ3n) is 3.81. The van der Waals surface area contributed by atoms with Crippen molar-refractivity contribution in [3.05, 3.63) is 29.1 Å². The molecule has 24 heavy (non-hydrogen) atoms. The molecule has 5 heteroatoms. The highest BCUT2D eigenvalue weighted by Gasteiger charge is 2.29. The third-order valence-corrected chi connectivity index (χ3v) is 3.81. The van der Waals surface area contributed by atoms with E-state index < -0.39 is 11.6 Å². The van der Waals surface area contributed by atoms with Gasteiger partial charge in [-0.15, -0.1) is 0 Å². The van der Waals surface area contributed by atoms with Crippen molar-refractivity contribution in [3.63, 3.8) is 0 Å². The number of ketones is 1. The molecule has 0 bridgehead atoms. The summed E-state index contributed by atoms with van der Waals surface area (Å²) in [5.74, 6) is 0.599. The standard InChI is InChI=1S/C19H30N2O3/c1-13(2)8-7-9-17(22)19(5,6)21-18(23)24-12-16-10-14(3)20-15(4)11-16/h10-11,13H,7-9,12H2,1-6H3,(H,21,23). The van der Waals surface area contributed by atoms with Gasteiger partial charge in [0.2, 0.25) is 0 Å². The van der Waals surface area contributed by atoms with Crippen molar-refractivity contribution in [2.45, 2.75) is 73.0 Å². The van der Waals surface area contributed by atoms with Crippen molar-refractivity contribution in [1.82, 2.24) is 10.3 Å². The molecule has 0 atom stereocenters. The summed E-state index contributed by atoms with van der Waals surface area (Å²) in [6.07, 6.45) is 1.73. The second-order valence-corrected chi connectivity index (χ2v) is 7.29. The van der Waals surface area contributed by atoms with Gasteiger partial charge in [-0.1, -0.05) is 20.3 Å². The van der Waals surface area contributed by atoms with Crippen LogP contribution >= 0.6 is 0 Å². The molecular weight excluding hydrogens is 304 g/mol. The molecule has 0 saturated heterocycles. The molecule has 134 valence electrons. The van der Waals surface area contributed by atoms with Gasteiger partial charge in [0.1, 0.15) is 6.61 Å². The fourth-order valence-corrected chi connectivity index (χ4v) is 2.50. The molecule has 0 aliphatic heterocycles. The average Bonchev–Trinajstić information content (AvgIpc) is 2.43. The van der Waals surface area contributed by atoms with E-state index in [1.807, 2.05) is 26.0 Å². The number of pyridine rings is 1. The minimum Gasteiger partial charge on any atom is -0.445 e. The maximum atomic E-state index is 12.3. The number of aryl methyl sites for hydroxylation is 2. The fourth-order valence-electron chi connectivity index (χ4n) is 2.50. The van der Waals surface area contributed by atoms with E-state index in [1.165, 1.54) is 0 Å². The number of carbonyl (C=O) groups is 2. The molecule has 1 heterocycles. The van der Waals surface area contributed by atoms with Gasteiger partial charge in [0.05, 0.1) is 5.54 Å². The molecule has 0 radical (unpaired) electrons. The van der Waals surface area contributed by atoms with Gasteiger partial charge >= 0.3 is 6.09 Å². The zero-order valence-corrected chi connectivity index (χ0v) is 15.7. The quantitative estimate of drug-likeness (QED) is 0.777. The second kappa shape index (κ2) is 8.81. The zero-order valence-electron chi connectivity index (χ0n) is 15.7. The highest BCUT2D eigenvalue weighted by molar-refractivity contribution is 5.90. The van der Waals surface area contributed by atoms with Crippen LogP contribution in [0.15, 0.2) is 12.1 Å². The molecule has 0 spiro atoms. The summed E-state index contributed by atoms with van der Waals surface area (Å²) < 4.78 is 5.24. The number of hydrogen-bond acceptors (Lipinski definition) is 4. The van der Waals surface area contributed by atoms with Crippen LogP contribution in [0.1, 0.15) is 63.9 Å². The van der Waals surface area contributed by atoms with Crippen LogP contribution in [0.3, 0.4) is 0 Å². The van der Waals surface area contributed by atoms with Gasteiger partial charge < -0.3 is 10.1 Å². The number of hydrogen-bond donors (Lipinski definition) is 1. The molecule has 1 amide bonds. The van der Waals surface area contributed by atoms with Crippen LogP contribution in [-0.4, -0.2) is 22.4 Å². The Balaban J connectivity index is 2.48. The SMILES string of the molecule is Cc1cc(COC(=O)NC(C)(C)C(=O)CCCC(C)C)cc(C)n1. The van der Waals surface area contributed by atoms with Crippen LogP contribution in [-0.2, 0) is 16.1 Å². The normalized spacial score (nSPS) is 11.5. The molecule has 0 aromatic carbocycles. The molecule has 1 aromatic rings. The van der Waals surface area contributed by atoms with Crippen LogP contribution < -0.4 is 5.32 Å². The topological polar surface area (TPSA) is 68.3 Å². The number of aromatic nitrogens is 1. The van der Waals surface area contributed by atoms with Crippen molar-refractivity contribution >= 4 is 11.9 Å². The Bertz CT molecular complexity index is 560. The number of ether oxygens (including phenoxy) is 1. The summed E-state index contributed by atoms with van der Waals surface area (Å²) in [6, 6.07) is 3.75. The number of Topliss-reactive ketones (excluding diaryl/α,β-unsaturated/α-hetero) is 1. The van der Waals surface area contributed by atoms with Gasteiger partial charge in [0, 0.05) is 17.8 Å². The number of rotatable bonds is 8. The highest BCUT2D eigenvalue weighted by atomic mass is 16.5. The predicted molar refractivity (Wildman–Crippen MR) is 94.8 cm³/mol. The maximum absolute atomic E-state index is 12.3. The lowest BCUT2D eigenvalue weighted by molar-refractivity contribution is -0.124. The van der Waals surface area contributed by atoms with Crippen molar-refractivity contribution in [2.75, 3.05) is 0 Å².